The van der Waals surface area contributed by atoms with E-state index in [1.54, 1.807) is 6.07 Å². The van der Waals surface area contributed by atoms with Gasteiger partial charge in [0.1, 0.15) is 17.9 Å². The number of carbonyl (C=O) groups is 1. The number of rotatable bonds is 4. The molecule has 1 aliphatic rings. The molecule has 7 nitrogen and oxygen atoms in total. The quantitative estimate of drug-likeness (QED) is 0.694. The molecule has 0 bridgehead atoms. The molecule has 1 aliphatic carbocycles. The average Bonchev–Trinajstić information content (AvgIpc) is 3.04. The molecule has 0 unspecified atom stereocenters. The number of carbonyl (C=O) groups excluding carboxylic acids is 1. The van der Waals surface area contributed by atoms with Crippen molar-refractivity contribution in [1.29, 1.82) is 0 Å². The van der Waals surface area contributed by atoms with E-state index in [0.717, 1.165) is 10.2 Å². The molecule has 144 valence electrons. The number of fused-ring (bicyclic) bond motifs is 3. The summed E-state index contributed by atoms with van der Waals surface area (Å²) in [7, 11) is 0. The molecule has 2 N–H and O–H groups in total. The fourth-order valence-corrected chi connectivity index (χ4v) is 4.95. The summed E-state index contributed by atoms with van der Waals surface area (Å²) in [4.78, 5) is 25.4. The number of hydrogen-bond donors (Lipinski definition) is 2. The van der Waals surface area contributed by atoms with Crippen molar-refractivity contribution in [2.45, 2.75) is 57.7 Å². The molecule has 0 aromatic carbocycles. The van der Waals surface area contributed by atoms with Crippen LogP contribution in [0.1, 0.15) is 45.4 Å². The van der Waals surface area contributed by atoms with Gasteiger partial charge in [-0.05, 0) is 31.9 Å². The number of nitrogens with zero attached hydrogens (tertiary/aromatic N) is 3. The van der Waals surface area contributed by atoms with Crippen molar-refractivity contribution >= 4 is 44.6 Å². The topological polar surface area (TPSA) is 88.6 Å². The highest BCUT2D eigenvalue weighted by Gasteiger charge is 2.40. The molecule has 1 fully saturated rings. The Bertz CT molecular complexity index is 1110. The number of aliphatic hydroxyl groups excluding tert-OH is 1. The zero-order valence-electron chi connectivity index (χ0n) is 15.3. The summed E-state index contributed by atoms with van der Waals surface area (Å²) in [5.41, 5.74) is 0.623. The molecule has 3 aromatic rings. The van der Waals surface area contributed by atoms with E-state index in [0.29, 0.717) is 28.5 Å². The van der Waals surface area contributed by atoms with E-state index in [2.05, 4.69) is 10.4 Å². The Morgan fingerprint density at radius 2 is 2.15 bits per heavy atom. The number of aromatic nitrogens is 3. The minimum atomic E-state index is -0.417. The van der Waals surface area contributed by atoms with Crippen LogP contribution in [-0.4, -0.2) is 36.8 Å². The minimum Gasteiger partial charge on any atom is -0.393 e. The third-order valence-electron chi connectivity index (χ3n) is 4.99. The van der Waals surface area contributed by atoms with Gasteiger partial charge < -0.3 is 10.4 Å². The first-order valence-corrected chi connectivity index (χ1v) is 10.1. The van der Waals surface area contributed by atoms with Crippen LogP contribution < -0.4 is 10.9 Å². The van der Waals surface area contributed by atoms with E-state index in [1.807, 2.05) is 31.2 Å². The van der Waals surface area contributed by atoms with Crippen molar-refractivity contribution in [3.05, 3.63) is 32.6 Å². The lowest BCUT2D eigenvalue weighted by atomic mass is 9.76. The summed E-state index contributed by atoms with van der Waals surface area (Å²) in [6.45, 7) is 5.72. The Morgan fingerprint density at radius 1 is 1.44 bits per heavy atom. The maximum atomic E-state index is 12.9. The molecule has 3 heterocycles. The molecular formula is C18H21ClN4O3S. The maximum absolute atomic E-state index is 12.9. The lowest BCUT2D eigenvalue weighted by molar-refractivity contribution is -0.126. The molecule has 4 rings (SSSR count). The van der Waals surface area contributed by atoms with Gasteiger partial charge in [0.2, 0.25) is 5.91 Å². The second kappa shape index (κ2) is 6.32. The predicted octanol–water partition coefficient (Wildman–Crippen LogP) is 2.52. The largest absolute Gasteiger partial charge is 0.393 e. The van der Waals surface area contributed by atoms with Crippen LogP contribution in [0.2, 0.25) is 4.34 Å². The molecule has 0 saturated heterocycles. The zero-order valence-corrected chi connectivity index (χ0v) is 16.9. The Morgan fingerprint density at radius 3 is 2.78 bits per heavy atom. The molecule has 3 aromatic heterocycles. The monoisotopic (exact) mass is 408 g/mol. The van der Waals surface area contributed by atoms with Gasteiger partial charge in [0.15, 0.2) is 0 Å². The fraction of sp³-hybridized carbons (Fsp3) is 0.500. The Hall–Kier alpha value is -1.90. The molecule has 0 atom stereocenters. The number of thiophene rings is 1. The summed E-state index contributed by atoms with van der Waals surface area (Å²) in [5.74, 6) is 0.470. The van der Waals surface area contributed by atoms with Crippen LogP contribution in [0.4, 0.5) is 0 Å². The molecule has 1 amide bonds. The highest BCUT2D eigenvalue weighted by molar-refractivity contribution is 7.22. The minimum absolute atomic E-state index is 0.0518. The number of halogens is 1. The molecule has 9 heteroatoms. The van der Waals surface area contributed by atoms with E-state index < -0.39 is 5.54 Å². The van der Waals surface area contributed by atoms with Crippen LogP contribution in [0.3, 0.4) is 0 Å². The first-order valence-electron chi connectivity index (χ1n) is 8.87. The number of amides is 1. The predicted molar refractivity (Wildman–Crippen MR) is 106 cm³/mol. The first-order chi connectivity index (χ1) is 12.7. The van der Waals surface area contributed by atoms with Crippen LogP contribution >= 0.6 is 22.9 Å². The van der Waals surface area contributed by atoms with Gasteiger partial charge in [-0.15, -0.1) is 11.3 Å². The van der Waals surface area contributed by atoms with Crippen molar-refractivity contribution in [2.75, 3.05) is 0 Å². The smallest absolute Gasteiger partial charge is 0.291 e. The molecule has 0 radical (unpaired) electrons. The van der Waals surface area contributed by atoms with Crippen molar-refractivity contribution in [2.24, 2.45) is 0 Å². The van der Waals surface area contributed by atoms with E-state index in [9.17, 15) is 14.7 Å². The second-order valence-electron chi connectivity index (χ2n) is 7.81. The van der Waals surface area contributed by atoms with E-state index in [1.165, 1.54) is 16.0 Å². The highest BCUT2D eigenvalue weighted by atomic mass is 35.5. The van der Waals surface area contributed by atoms with Gasteiger partial charge in [-0.1, -0.05) is 25.4 Å². The van der Waals surface area contributed by atoms with E-state index >= 15 is 0 Å². The summed E-state index contributed by atoms with van der Waals surface area (Å²) in [6.07, 6.45) is 0.667. The Kier molecular flexibility index (Phi) is 4.32. The molecule has 0 spiro atoms. The van der Waals surface area contributed by atoms with Crippen LogP contribution in [0.5, 0.6) is 0 Å². The average molecular weight is 409 g/mol. The second-order valence-corrected chi connectivity index (χ2v) is 9.53. The van der Waals surface area contributed by atoms with Crippen molar-refractivity contribution in [1.82, 2.24) is 19.5 Å². The SMILES string of the molecule is CC(C)c1nn(CC(=O)N[C@]2(C)C[C@@H](O)C2)c(=O)c2cc3sc(Cl)cc3n12. The maximum Gasteiger partial charge on any atom is 0.291 e. The standard InChI is InChI=1S/C18H21ClN4O3S/c1-9(2)16-21-22(8-15(25)20-18(3)6-10(24)7-18)17(26)12-4-13-11(23(12)16)5-14(19)27-13/h4-5,9-10,24H,6-8H2,1-3H3,(H,20,25)/t10-,18-. The first kappa shape index (κ1) is 18.5. The summed E-state index contributed by atoms with van der Waals surface area (Å²) < 4.78 is 4.63. The molecular weight excluding hydrogens is 388 g/mol. The lowest BCUT2D eigenvalue weighted by Gasteiger charge is -2.43. The number of aliphatic hydroxyl groups is 1. The summed E-state index contributed by atoms with van der Waals surface area (Å²) in [6, 6.07) is 3.64. The zero-order chi connectivity index (χ0) is 19.5. The van der Waals surface area contributed by atoms with Gasteiger partial charge in [0, 0.05) is 11.5 Å². The highest BCUT2D eigenvalue weighted by Crippen LogP contribution is 2.33. The van der Waals surface area contributed by atoms with Crippen molar-refractivity contribution in [3.63, 3.8) is 0 Å². The number of nitrogens with one attached hydrogen (secondary N) is 1. The summed E-state index contributed by atoms with van der Waals surface area (Å²) in [5, 5.41) is 16.9. The van der Waals surface area contributed by atoms with Gasteiger partial charge in [-0.25, -0.2) is 4.68 Å². The molecule has 27 heavy (non-hydrogen) atoms. The third kappa shape index (κ3) is 3.15. The van der Waals surface area contributed by atoms with Gasteiger partial charge in [0.25, 0.3) is 5.56 Å². The van der Waals surface area contributed by atoms with Crippen LogP contribution in [0.25, 0.3) is 15.7 Å². The van der Waals surface area contributed by atoms with E-state index in [4.69, 9.17) is 11.6 Å². The van der Waals surface area contributed by atoms with Crippen LogP contribution in [-0.2, 0) is 11.3 Å². The lowest BCUT2D eigenvalue weighted by Crippen LogP contribution is -2.58. The Labute approximate surface area is 164 Å². The van der Waals surface area contributed by atoms with Crippen LogP contribution in [0.15, 0.2) is 16.9 Å². The van der Waals surface area contributed by atoms with Gasteiger partial charge in [-0.3, -0.25) is 14.0 Å². The molecule has 0 aliphatic heterocycles. The van der Waals surface area contributed by atoms with Crippen LogP contribution in [0, 0.1) is 0 Å². The Balaban J connectivity index is 1.74. The fourth-order valence-electron chi connectivity index (χ4n) is 3.79. The summed E-state index contributed by atoms with van der Waals surface area (Å²) >= 11 is 7.53. The van der Waals surface area contributed by atoms with Crippen molar-refractivity contribution in [3.8, 4) is 0 Å². The molecule has 1 saturated carbocycles. The van der Waals surface area contributed by atoms with Crippen molar-refractivity contribution < 1.29 is 9.90 Å². The number of hydrogen-bond acceptors (Lipinski definition) is 5. The van der Waals surface area contributed by atoms with Gasteiger partial charge >= 0.3 is 0 Å². The normalized spacial score (nSPS) is 22.5. The van der Waals surface area contributed by atoms with E-state index in [-0.39, 0.29) is 30.0 Å². The van der Waals surface area contributed by atoms with Gasteiger partial charge in [-0.2, -0.15) is 5.10 Å². The third-order valence-corrected chi connectivity index (χ3v) is 6.19. The van der Waals surface area contributed by atoms with Gasteiger partial charge in [0.05, 0.1) is 20.7 Å².